The van der Waals surface area contributed by atoms with Crippen LogP contribution in [0.25, 0.3) is 22.6 Å². The Balaban J connectivity index is 1.45. The lowest BCUT2D eigenvalue weighted by molar-refractivity contribution is 0.0977. The molecule has 6 nitrogen and oxygen atoms in total. The van der Waals surface area contributed by atoms with Crippen molar-refractivity contribution in [2.24, 2.45) is 0 Å². The minimum absolute atomic E-state index is 0.0161. The molecule has 4 aromatic rings. The molecule has 3 aromatic carbocycles. The molecule has 0 fully saturated rings. The molecule has 156 valence electrons. The number of aryl methyl sites for hydroxylation is 2. The van der Waals surface area contributed by atoms with Gasteiger partial charge in [-0.1, -0.05) is 25.1 Å². The molecule has 0 aliphatic carbocycles. The average Bonchev–Trinajstić information content (AvgIpc) is 3.16. The van der Waals surface area contributed by atoms with Crippen molar-refractivity contribution in [2.75, 3.05) is 5.32 Å². The van der Waals surface area contributed by atoms with Crippen LogP contribution in [-0.2, 0) is 6.42 Å². The van der Waals surface area contributed by atoms with Crippen molar-refractivity contribution in [1.82, 2.24) is 10.3 Å². The summed E-state index contributed by atoms with van der Waals surface area (Å²) in [6.07, 6.45) is 0.907. The van der Waals surface area contributed by atoms with Gasteiger partial charge >= 0.3 is 0 Å². The van der Waals surface area contributed by atoms with Crippen molar-refractivity contribution in [3.63, 3.8) is 0 Å². The van der Waals surface area contributed by atoms with Crippen molar-refractivity contribution in [2.45, 2.75) is 20.3 Å². The molecule has 1 amide bonds. The van der Waals surface area contributed by atoms with Crippen LogP contribution in [0.1, 0.15) is 28.4 Å². The van der Waals surface area contributed by atoms with E-state index in [2.05, 4.69) is 22.5 Å². The van der Waals surface area contributed by atoms with Crippen LogP contribution >= 0.6 is 12.2 Å². The summed E-state index contributed by atoms with van der Waals surface area (Å²) in [6, 6.07) is 18.0. The van der Waals surface area contributed by atoms with Crippen LogP contribution in [0.3, 0.4) is 0 Å². The van der Waals surface area contributed by atoms with Crippen molar-refractivity contribution in [3.8, 4) is 17.2 Å². The molecule has 0 bridgehead atoms. The molecule has 0 unspecified atom stereocenters. The highest BCUT2D eigenvalue weighted by molar-refractivity contribution is 7.80. The lowest BCUT2D eigenvalue weighted by atomic mass is 10.1. The maximum absolute atomic E-state index is 12.4. The SMILES string of the molecule is CCc1ccc(C(=O)NC(=S)Nc2ccc(-c3nc4cc(C)ccc4o3)c(O)c2)cc1. The van der Waals surface area contributed by atoms with Gasteiger partial charge in [-0.05, 0) is 73.1 Å². The summed E-state index contributed by atoms with van der Waals surface area (Å²) >= 11 is 5.23. The predicted octanol–water partition coefficient (Wildman–Crippen LogP) is 5.20. The van der Waals surface area contributed by atoms with Crippen LogP contribution in [0.2, 0.25) is 0 Å². The van der Waals surface area contributed by atoms with E-state index < -0.39 is 0 Å². The van der Waals surface area contributed by atoms with Gasteiger partial charge in [-0.25, -0.2) is 4.98 Å². The number of nitrogens with one attached hydrogen (secondary N) is 2. The van der Waals surface area contributed by atoms with Crippen LogP contribution in [-0.4, -0.2) is 21.1 Å². The number of hydrogen-bond acceptors (Lipinski definition) is 5. The zero-order valence-corrected chi connectivity index (χ0v) is 17.9. The molecule has 4 rings (SSSR count). The zero-order valence-electron chi connectivity index (χ0n) is 17.1. The van der Waals surface area contributed by atoms with E-state index in [1.54, 1.807) is 24.3 Å². The fraction of sp³-hybridized carbons (Fsp3) is 0.125. The van der Waals surface area contributed by atoms with E-state index in [-0.39, 0.29) is 16.8 Å². The smallest absolute Gasteiger partial charge is 0.257 e. The van der Waals surface area contributed by atoms with Gasteiger partial charge in [0.25, 0.3) is 5.91 Å². The Labute approximate surface area is 184 Å². The monoisotopic (exact) mass is 431 g/mol. The molecule has 1 heterocycles. The van der Waals surface area contributed by atoms with Crippen LogP contribution in [0, 0.1) is 6.92 Å². The maximum Gasteiger partial charge on any atom is 0.257 e. The largest absolute Gasteiger partial charge is 0.507 e. The van der Waals surface area contributed by atoms with E-state index in [0.29, 0.717) is 28.3 Å². The number of aromatic nitrogens is 1. The van der Waals surface area contributed by atoms with Gasteiger partial charge in [0.2, 0.25) is 5.89 Å². The molecular weight excluding hydrogens is 410 g/mol. The number of aromatic hydroxyl groups is 1. The summed E-state index contributed by atoms with van der Waals surface area (Å²) < 4.78 is 5.75. The second-order valence-corrected chi connectivity index (χ2v) is 7.59. The van der Waals surface area contributed by atoms with Gasteiger partial charge in [0.1, 0.15) is 11.3 Å². The highest BCUT2D eigenvalue weighted by atomic mass is 32.1. The number of benzene rings is 3. The Morgan fingerprint density at radius 3 is 2.58 bits per heavy atom. The molecule has 0 spiro atoms. The van der Waals surface area contributed by atoms with Crippen LogP contribution in [0.4, 0.5) is 5.69 Å². The number of thiocarbonyl (C=S) groups is 1. The van der Waals surface area contributed by atoms with Gasteiger partial charge in [0.05, 0.1) is 5.56 Å². The fourth-order valence-corrected chi connectivity index (χ4v) is 3.38. The number of phenolic OH excluding ortho intramolecular Hbond substituents is 1. The fourth-order valence-electron chi connectivity index (χ4n) is 3.17. The Kier molecular flexibility index (Phi) is 5.68. The second-order valence-electron chi connectivity index (χ2n) is 7.18. The normalized spacial score (nSPS) is 10.8. The molecular formula is C24H21N3O3S. The van der Waals surface area contributed by atoms with Gasteiger partial charge in [-0.15, -0.1) is 0 Å². The summed E-state index contributed by atoms with van der Waals surface area (Å²) in [6.45, 7) is 4.04. The quantitative estimate of drug-likeness (QED) is 0.385. The molecule has 1 aromatic heterocycles. The predicted molar refractivity (Wildman–Crippen MR) is 125 cm³/mol. The summed E-state index contributed by atoms with van der Waals surface area (Å²) in [5.74, 6) is 0.0105. The summed E-state index contributed by atoms with van der Waals surface area (Å²) in [7, 11) is 0. The Hall–Kier alpha value is -3.71. The molecule has 0 saturated carbocycles. The van der Waals surface area contributed by atoms with Crippen molar-refractivity contribution in [1.29, 1.82) is 0 Å². The van der Waals surface area contributed by atoms with Gasteiger partial charge < -0.3 is 14.8 Å². The molecule has 7 heteroatoms. The van der Waals surface area contributed by atoms with E-state index in [1.807, 2.05) is 37.3 Å². The van der Waals surface area contributed by atoms with Crippen molar-refractivity contribution in [3.05, 3.63) is 77.4 Å². The number of fused-ring (bicyclic) bond motifs is 1. The molecule has 0 saturated heterocycles. The minimum atomic E-state index is -0.303. The van der Waals surface area contributed by atoms with Crippen LogP contribution in [0.5, 0.6) is 5.75 Å². The number of amides is 1. The number of rotatable bonds is 4. The standard InChI is InChI=1S/C24H21N3O3S/c1-3-15-5-7-16(8-6-15)22(29)27-24(31)25-17-9-10-18(20(28)13-17)23-26-19-12-14(2)4-11-21(19)30-23/h4-13,28H,3H2,1-2H3,(H2,25,27,29,31). The van der Waals surface area contributed by atoms with E-state index in [1.165, 1.54) is 6.07 Å². The number of phenols is 1. The third-order valence-corrected chi connectivity index (χ3v) is 5.08. The molecule has 31 heavy (non-hydrogen) atoms. The first-order valence-electron chi connectivity index (χ1n) is 9.85. The number of carbonyl (C=O) groups is 1. The molecule has 0 aliphatic heterocycles. The van der Waals surface area contributed by atoms with Gasteiger partial charge in [-0.2, -0.15) is 0 Å². The Bertz CT molecular complexity index is 1280. The van der Waals surface area contributed by atoms with E-state index in [0.717, 1.165) is 23.1 Å². The van der Waals surface area contributed by atoms with Crippen molar-refractivity contribution >= 4 is 40.0 Å². The minimum Gasteiger partial charge on any atom is -0.507 e. The third kappa shape index (κ3) is 4.57. The topological polar surface area (TPSA) is 87.4 Å². The van der Waals surface area contributed by atoms with Gasteiger partial charge in [0, 0.05) is 17.3 Å². The highest BCUT2D eigenvalue weighted by Gasteiger charge is 2.14. The third-order valence-electron chi connectivity index (χ3n) is 4.88. The molecule has 0 atom stereocenters. The zero-order chi connectivity index (χ0) is 22.0. The van der Waals surface area contributed by atoms with Crippen LogP contribution < -0.4 is 10.6 Å². The summed E-state index contributed by atoms with van der Waals surface area (Å²) in [5.41, 5.74) is 5.12. The summed E-state index contributed by atoms with van der Waals surface area (Å²) in [5, 5.41) is 16.2. The van der Waals surface area contributed by atoms with Crippen LogP contribution in [0.15, 0.2) is 65.1 Å². The van der Waals surface area contributed by atoms with Crippen molar-refractivity contribution < 1.29 is 14.3 Å². The Morgan fingerprint density at radius 1 is 1.10 bits per heavy atom. The van der Waals surface area contributed by atoms with Gasteiger partial charge in [-0.3, -0.25) is 10.1 Å². The first-order valence-corrected chi connectivity index (χ1v) is 10.3. The van der Waals surface area contributed by atoms with Gasteiger partial charge in [0.15, 0.2) is 10.7 Å². The van der Waals surface area contributed by atoms with E-state index in [4.69, 9.17) is 16.6 Å². The molecule has 0 radical (unpaired) electrons. The summed E-state index contributed by atoms with van der Waals surface area (Å²) in [4.78, 5) is 16.8. The van der Waals surface area contributed by atoms with E-state index in [9.17, 15) is 9.90 Å². The maximum atomic E-state index is 12.4. The Morgan fingerprint density at radius 2 is 1.87 bits per heavy atom. The lowest BCUT2D eigenvalue weighted by Crippen LogP contribution is -2.34. The lowest BCUT2D eigenvalue weighted by Gasteiger charge is -2.11. The first kappa shape index (κ1) is 20.6. The second kappa shape index (κ2) is 8.57. The number of carbonyl (C=O) groups excluding carboxylic acids is 1. The molecule has 0 aliphatic rings. The highest BCUT2D eigenvalue weighted by Crippen LogP contribution is 2.33. The number of hydrogen-bond donors (Lipinski definition) is 3. The number of nitrogens with zero attached hydrogens (tertiary/aromatic N) is 1. The average molecular weight is 432 g/mol. The number of anilines is 1. The number of oxazole rings is 1. The first-order chi connectivity index (χ1) is 14.9. The van der Waals surface area contributed by atoms with E-state index >= 15 is 0 Å². The molecule has 3 N–H and O–H groups in total.